The molecule has 0 heterocycles. The van der Waals surface area contributed by atoms with Crippen LogP contribution in [0, 0.1) is 5.92 Å². The Balaban J connectivity index is 1.60. The SMILES string of the molecule is CN(CCCCC(C)(NC1CC1)C(=O)O)CC1CCC1. The minimum Gasteiger partial charge on any atom is -0.480 e. The molecule has 2 aliphatic rings. The molecule has 0 bridgehead atoms. The molecule has 4 heteroatoms. The Morgan fingerprint density at radius 1 is 1.30 bits per heavy atom. The maximum absolute atomic E-state index is 11.4. The van der Waals surface area contributed by atoms with Crippen LogP contribution in [0.15, 0.2) is 0 Å². The van der Waals surface area contributed by atoms with Crippen molar-refractivity contribution < 1.29 is 9.90 Å². The Morgan fingerprint density at radius 2 is 2.00 bits per heavy atom. The number of rotatable bonds is 10. The molecule has 0 aromatic rings. The van der Waals surface area contributed by atoms with E-state index in [0.717, 1.165) is 44.6 Å². The molecule has 2 N–H and O–H groups in total. The van der Waals surface area contributed by atoms with E-state index in [0.29, 0.717) is 6.04 Å². The lowest BCUT2D eigenvalue weighted by Gasteiger charge is -2.30. The van der Waals surface area contributed by atoms with Crippen LogP contribution < -0.4 is 5.32 Å². The van der Waals surface area contributed by atoms with Crippen LogP contribution in [0.2, 0.25) is 0 Å². The van der Waals surface area contributed by atoms with E-state index in [4.69, 9.17) is 0 Å². The molecule has 0 spiro atoms. The van der Waals surface area contributed by atoms with Crippen molar-refractivity contribution in [2.45, 2.75) is 69.9 Å². The second-order valence-electron chi connectivity index (χ2n) is 7.07. The Morgan fingerprint density at radius 3 is 2.50 bits per heavy atom. The molecule has 2 saturated carbocycles. The molecule has 0 aromatic carbocycles. The van der Waals surface area contributed by atoms with Gasteiger partial charge in [0.1, 0.15) is 5.54 Å². The van der Waals surface area contributed by atoms with Crippen molar-refractivity contribution in [1.29, 1.82) is 0 Å². The summed E-state index contributed by atoms with van der Waals surface area (Å²) in [4.78, 5) is 13.8. The molecule has 0 radical (unpaired) electrons. The van der Waals surface area contributed by atoms with Gasteiger partial charge in [0.15, 0.2) is 0 Å². The monoisotopic (exact) mass is 282 g/mol. The van der Waals surface area contributed by atoms with Gasteiger partial charge in [-0.1, -0.05) is 6.42 Å². The fraction of sp³-hybridized carbons (Fsp3) is 0.938. The second kappa shape index (κ2) is 6.90. The first-order valence-corrected chi connectivity index (χ1v) is 8.19. The van der Waals surface area contributed by atoms with Crippen LogP contribution in [0.1, 0.15) is 58.3 Å². The van der Waals surface area contributed by atoms with E-state index in [9.17, 15) is 9.90 Å². The maximum Gasteiger partial charge on any atom is 0.323 e. The van der Waals surface area contributed by atoms with Crippen molar-refractivity contribution in [3.8, 4) is 0 Å². The number of aliphatic carboxylic acids is 1. The fourth-order valence-electron chi connectivity index (χ4n) is 2.99. The average Bonchev–Trinajstić information content (AvgIpc) is 3.13. The predicted octanol–water partition coefficient (Wildman–Crippen LogP) is 2.48. The zero-order valence-electron chi connectivity index (χ0n) is 13.0. The second-order valence-corrected chi connectivity index (χ2v) is 7.07. The van der Waals surface area contributed by atoms with Crippen molar-refractivity contribution in [2.75, 3.05) is 20.1 Å². The summed E-state index contributed by atoms with van der Waals surface area (Å²) in [5.41, 5.74) is -0.728. The lowest BCUT2D eigenvalue weighted by atomic mass is 9.85. The first-order chi connectivity index (χ1) is 9.49. The molecule has 1 unspecified atom stereocenters. The van der Waals surface area contributed by atoms with Gasteiger partial charge in [0.05, 0.1) is 0 Å². The van der Waals surface area contributed by atoms with Gasteiger partial charge >= 0.3 is 5.97 Å². The summed E-state index contributed by atoms with van der Waals surface area (Å²) in [6.07, 6.45) is 9.27. The van der Waals surface area contributed by atoms with Gasteiger partial charge in [-0.05, 0) is 71.4 Å². The summed E-state index contributed by atoms with van der Waals surface area (Å²) in [6.45, 7) is 4.15. The first kappa shape index (κ1) is 15.8. The zero-order chi connectivity index (χ0) is 14.6. The molecule has 20 heavy (non-hydrogen) atoms. The van der Waals surface area contributed by atoms with Gasteiger partial charge in [0.2, 0.25) is 0 Å². The molecule has 1 atom stereocenters. The normalized spacial score (nSPS) is 22.6. The molecular formula is C16H30N2O2. The van der Waals surface area contributed by atoms with Crippen LogP contribution in [0.25, 0.3) is 0 Å². The van der Waals surface area contributed by atoms with E-state index < -0.39 is 11.5 Å². The highest BCUT2D eigenvalue weighted by Crippen LogP contribution is 2.27. The van der Waals surface area contributed by atoms with Crippen LogP contribution >= 0.6 is 0 Å². The topological polar surface area (TPSA) is 52.6 Å². The summed E-state index contributed by atoms with van der Waals surface area (Å²) in [7, 11) is 2.19. The van der Waals surface area contributed by atoms with E-state index in [1.807, 2.05) is 6.92 Å². The highest BCUT2D eigenvalue weighted by Gasteiger charge is 2.37. The molecule has 116 valence electrons. The largest absolute Gasteiger partial charge is 0.480 e. The molecule has 2 fully saturated rings. The van der Waals surface area contributed by atoms with Gasteiger partial charge in [-0.15, -0.1) is 0 Å². The predicted molar refractivity (Wildman–Crippen MR) is 80.9 cm³/mol. The van der Waals surface area contributed by atoms with E-state index in [1.54, 1.807) is 0 Å². The fourth-order valence-corrected chi connectivity index (χ4v) is 2.99. The first-order valence-electron chi connectivity index (χ1n) is 8.19. The molecule has 0 amide bonds. The Bertz CT molecular complexity index is 326. The summed E-state index contributed by atoms with van der Waals surface area (Å²) >= 11 is 0. The molecule has 4 nitrogen and oxygen atoms in total. The van der Waals surface area contributed by atoms with Crippen LogP contribution in [0.3, 0.4) is 0 Å². The van der Waals surface area contributed by atoms with Crippen LogP contribution in [0.5, 0.6) is 0 Å². The number of carboxylic acids is 1. The van der Waals surface area contributed by atoms with E-state index in [-0.39, 0.29) is 0 Å². The number of carboxylic acid groups (broad SMARTS) is 1. The molecule has 0 saturated heterocycles. The molecular weight excluding hydrogens is 252 g/mol. The molecule has 0 aromatic heterocycles. The van der Waals surface area contributed by atoms with E-state index in [1.165, 1.54) is 25.8 Å². The highest BCUT2D eigenvalue weighted by molar-refractivity contribution is 5.78. The third-order valence-corrected chi connectivity index (χ3v) is 4.83. The van der Waals surface area contributed by atoms with Crippen molar-refractivity contribution in [2.24, 2.45) is 5.92 Å². The van der Waals surface area contributed by atoms with Crippen molar-refractivity contribution >= 4 is 5.97 Å². The van der Waals surface area contributed by atoms with E-state index in [2.05, 4.69) is 17.3 Å². The van der Waals surface area contributed by atoms with Crippen LogP contribution in [-0.4, -0.2) is 47.7 Å². The molecule has 2 rings (SSSR count). The molecule has 0 aliphatic heterocycles. The minimum atomic E-state index is -0.728. The van der Waals surface area contributed by atoms with Gasteiger partial charge in [-0.2, -0.15) is 0 Å². The maximum atomic E-state index is 11.4. The third-order valence-electron chi connectivity index (χ3n) is 4.83. The van der Waals surface area contributed by atoms with Crippen molar-refractivity contribution in [3.63, 3.8) is 0 Å². The van der Waals surface area contributed by atoms with Crippen molar-refractivity contribution in [1.82, 2.24) is 10.2 Å². The standard InChI is InChI=1S/C16H30N2O2/c1-16(15(19)20,17-14-8-9-14)10-3-4-11-18(2)12-13-6-5-7-13/h13-14,17H,3-12H2,1-2H3,(H,19,20). The zero-order valence-corrected chi connectivity index (χ0v) is 13.0. The molecule has 2 aliphatic carbocycles. The summed E-state index contributed by atoms with van der Waals surface area (Å²) in [5, 5.41) is 12.7. The lowest BCUT2D eigenvalue weighted by molar-refractivity contribution is -0.144. The number of hydrogen-bond donors (Lipinski definition) is 2. The van der Waals surface area contributed by atoms with Crippen LogP contribution in [0.4, 0.5) is 0 Å². The third kappa shape index (κ3) is 4.74. The summed E-state index contributed by atoms with van der Waals surface area (Å²) in [5.74, 6) is 0.216. The van der Waals surface area contributed by atoms with Gasteiger partial charge in [-0.3, -0.25) is 10.1 Å². The number of unbranched alkanes of at least 4 members (excludes halogenated alkanes) is 1. The van der Waals surface area contributed by atoms with Gasteiger partial charge in [0.25, 0.3) is 0 Å². The smallest absolute Gasteiger partial charge is 0.323 e. The minimum absolute atomic E-state index is 0.442. The number of nitrogens with zero attached hydrogens (tertiary/aromatic N) is 1. The summed E-state index contributed by atoms with van der Waals surface area (Å²) in [6, 6.07) is 0.442. The Hall–Kier alpha value is -0.610. The number of nitrogens with one attached hydrogen (secondary N) is 1. The van der Waals surface area contributed by atoms with Crippen molar-refractivity contribution in [3.05, 3.63) is 0 Å². The lowest BCUT2D eigenvalue weighted by Crippen LogP contribution is -2.50. The average molecular weight is 282 g/mol. The number of carbonyl (C=O) groups is 1. The van der Waals surface area contributed by atoms with Gasteiger partial charge in [-0.25, -0.2) is 0 Å². The van der Waals surface area contributed by atoms with E-state index >= 15 is 0 Å². The summed E-state index contributed by atoms with van der Waals surface area (Å²) < 4.78 is 0. The Labute approximate surface area is 122 Å². The highest BCUT2D eigenvalue weighted by atomic mass is 16.4. The van der Waals surface area contributed by atoms with Crippen LogP contribution in [-0.2, 0) is 4.79 Å². The van der Waals surface area contributed by atoms with Gasteiger partial charge in [0, 0.05) is 12.6 Å². The Kier molecular flexibility index (Phi) is 5.44. The van der Waals surface area contributed by atoms with Gasteiger partial charge < -0.3 is 10.0 Å². The quantitative estimate of drug-likeness (QED) is 0.604. The number of hydrogen-bond acceptors (Lipinski definition) is 3.